The van der Waals surface area contributed by atoms with E-state index < -0.39 is 0 Å². The first-order chi connectivity index (χ1) is 11.5. The number of pyridine rings is 1. The molecule has 0 aromatic carbocycles. The van der Waals surface area contributed by atoms with Crippen LogP contribution >= 0.6 is 0 Å². The van der Waals surface area contributed by atoms with Crippen LogP contribution in [0.5, 0.6) is 0 Å². The molecule has 0 atom stereocenters. The number of nitrogens with one attached hydrogen (secondary N) is 1. The molecule has 0 saturated heterocycles. The second-order valence-electron chi connectivity index (χ2n) is 5.73. The van der Waals surface area contributed by atoms with Gasteiger partial charge in [-0.2, -0.15) is 10.2 Å². The van der Waals surface area contributed by atoms with Gasteiger partial charge in [-0.15, -0.1) is 0 Å². The summed E-state index contributed by atoms with van der Waals surface area (Å²) in [7, 11) is 1.80. The van der Waals surface area contributed by atoms with Crippen molar-refractivity contribution in [1.82, 2.24) is 24.5 Å². The van der Waals surface area contributed by atoms with Crippen molar-refractivity contribution in [3.63, 3.8) is 0 Å². The Labute approximate surface area is 140 Å². The SMILES string of the molecule is Cc1cc(C)n(CCC(=O)Nc2cc(-c3cccnc3)nn2C)n1. The Morgan fingerprint density at radius 3 is 2.75 bits per heavy atom. The lowest BCUT2D eigenvalue weighted by Gasteiger charge is -2.06. The Morgan fingerprint density at radius 1 is 1.25 bits per heavy atom. The number of anilines is 1. The molecule has 0 bridgehead atoms. The van der Waals surface area contributed by atoms with Crippen LogP contribution < -0.4 is 5.32 Å². The average molecular weight is 324 g/mol. The first kappa shape index (κ1) is 15.9. The van der Waals surface area contributed by atoms with Crippen LogP contribution in [0.2, 0.25) is 0 Å². The Morgan fingerprint density at radius 2 is 2.08 bits per heavy atom. The molecular formula is C17H20N6O. The minimum absolute atomic E-state index is 0.0664. The van der Waals surface area contributed by atoms with Crippen LogP contribution in [0.3, 0.4) is 0 Å². The Hall–Kier alpha value is -2.96. The van der Waals surface area contributed by atoms with E-state index in [1.807, 2.05) is 42.8 Å². The first-order valence-corrected chi connectivity index (χ1v) is 7.78. The summed E-state index contributed by atoms with van der Waals surface area (Å²) in [4.78, 5) is 16.3. The fourth-order valence-electron chi connectivity index (χ4n) is 2.55. The van der Waals surface area contributed by atoms with Gasteiger partial charge in [-0.1, -0.05) is 0 Å². The van der Waals surface area contributed by atoms with Crippen LogP contribution in [-0.2, 0) is 18.4 Å². The third-order valence-corrected chi connectivity index (χ3v) is 3.76. The van der Waals surface area contributed by atoms with E-state index >= 15 is 0 Å². The van der Waals surface area contributed by atoms with Gasteiger partial charge < -0.3 is 5.32 Å². The molecule has 0 fully saturated rings. The van der Waals surface area contributed by atoms with Gasteiger partial charge in [0.1, 0.15) is 5.82 Å². The predicted octanol–water partition coefficient (Wildman–Crippen LogP) is 2.32. The highest BCUT2D eigenvalue weighted by atomic mass is 16.1. The lowest BCUT2D eigenvalue weighted by Crippen LogP contribution is -2.17. The van der Waals surface area contributed by atoms with Crippen molar-refractivity contribution in [2.24, 2.45) is 7.05 Å². The molecule has 7 nitrogen and oxygen atoms in total. The molecule has 0 aliphatic carbocycles. The van der Waals surface area contributed by atoms with E-state index in [2.05, 4.69) is 20.5 Å². The van der Waals surface area contributed by atoms with Crippen LogP contribution in [0.25, 0.3) is 11.3 Å². The van der Waals surface area contributed by atoms with Crippen molar-refractivity contribution in [2.45, 2.75) is 26.8 Å². The zero-order chi connectivity index (χ0) is 17.1. The zero-order valence-corrected chi connectivity index (χ0v) is 14.0. The highest BCUT2D eigenvalue weighted by Crippen LogP contribution is 2.20. The first-order valence-electron chi connectivity index (χ1n) is 7.78. The second-order valence-corrected chi connectivity index (χ2v) is 5.73. The number of rotatable bonds is 5. The maximum absolute atomic E-state index is 12.2. The lowest BCUT2D eigenvalue weighted by molar-refractivity contribution is -0.116. The number of carbonyl (C=O) groups is 1. The van der Waals surface area contributed by atoms with Gasteiger partial charge in [0.05, 0.1) is 11.4 Å². The zero-order valence-electron chi connectivity index (χ0n) is 14.0. The average Bonchev–Trinajstić information content (AvgIpc) is 3.08. The van der Waals surface area contributed by atoms with Crippen LogP contribution in [0.4, 0.5) is 5.82 Å². The molecule has 1 N–H and O–H groups in total. The standard InChI is InChI=1S/C17H20N6O/c1-12-9-13(2)23(20-12)8-6-17(24)19-16-10-15(21-22(16)3)14-5-4-7-18-11-14/h4-5,7,9-11H,6,8H2,1-3H3,(H,19,24). The van der Waals surface area contributed by atoms with Crippen molar-refractivity contribution < 1.29 is 4.79 Å². The van der Waals surface area contributed by atoms with Gasteiger partial charge in [0.15, 0.2) is 0 Å². The van der Waals surface area contributed by atoms with Gasteiger partial charge in [0.2, 0.25) is 5.91 Å². The summed E-state index contributed by atoms with van der Waals surface area (Å²) in [6.07, 6.45) is 3.82. The number of carbonyl (C=O) groups excluding carboxylic acids is 1. The molecule has 3 heterocycles. The van der Waals surface area contributed by atoms with Gasteiger partial charge in [-0.25, -0.2) is 0 Å². The topological polar surface area (TPSA) is 77.6 Å². The maximum Gasteiger partial charge on any atom is 0.227 e. The minimum Gasteiger partial charge on any atom is -0.311 e. The molecule has 0 aliphatic heterocycles. The normalized spacial score (nSPS) is 10.8. The summed E-state index contributed by atoms with van der Waals surface area (Å²) in [5, 5.41) is 11.7. The summed E-state index contributed by atoms with van der Waals surface area (Å²) in [6.45, 7) is 4.48. The third kappa shape index (κ3) is 3.51. The number of hydrogen-bond acceptors (Lipinski definition) is 4. The summed E-state index contributed by atoms with van der Waals surface area (Å²) >= 11 is 0. The molecule has 0 saturated carbocycles. The highest BCUT2D eigenvalue weighted by molar-refractivity contribution is 5.90. The summed E-state index contributed by atoms with van der Waals surface area (Å²) in [5.41, 5.74) is 3.70. The van der Waals surface area contributed by atoms with Gasteiger partial charge in [0.25, 0.3) is 0 Å². The molecule has 3 rings (SSSR count). The Balaban J connectivity index is 1.64. The van der Waals surface area contributed by atoms with E-state index in [4.69, 9.17) is 0 Å². The largest absolute Gasteiger partial charge is 0.311 e. The molecule has 24 heavy (non-hydrogen) atoms. The van der Waals surface area contributed by atoms with Crippen molar-refractivity contribution in [1.29, 1.82) is 0 Å². The molecule has 0 spiro atoms. The van der Waals surface area contributed by atoms with Crippen molar-refractivity contribution in [3.8, 4) is 11.3 Å². The van der Waals surface area contributed by atoms with E-state index in [9.17, 15) is 4.79 Å². The third-order valence-electron chi connectivity index (χ3n) is 3.76. The van der Waals surface area contributed by atoms with Crippen molar-refractivity contribution >= 4 is 11.7 Å². The molecule has 1 amide bonds. The quantitative estimate of drug-likeness (QED) is 0.781. The summed E-state index contributed by atoms with van der Waals surface area (Å²) in [6, 6.07) is 7.64. The number of amides is 1. The fourth-order valence-corrected chi connectivity index (χ4v) is 2.55. The van der Waals surface area contributed by atoms with E-state index in [1.165, 1.54) is 0 Å². The van der Waals surface area contributed by atoms with E-state index in [0.29, 0.717) is 18.8 Å². The van der Waals surface area contributed by atoms with Gasteiger partial charge in [0, 0.05) is 49.7 Å². The van der Waals surface area contributed by atoms with Gasteiger partial charge in [-0.05, 0) is 32.0 Å². The molecule has 0 aliphatic rings. The Kier molecular flexibility index (Phi) is 4.41. The van der Waals surface area contributed by atoms with Crippen molar-refractivity contribution in [3.05, 3.63) is 48.0 Å². The minimum atomic E-state index is -0.0664. The van der Waals surface area contributed by atoms with Gasteiger partial charge >= 0.3 is 0 Å². The van der Waals surface area contributed by atoms with E-state index in [0.717, 1.165) is 22.6 Å². The second kappa shape index (κ2) is 6.66. The van der Waals surface area contributed by atoms with E-state index in [-0.39, 0.29) is 5.91 Å². The monoisotopic (exact) mass is 324 g/mol. The molecule has 3 aromatic heterocycles. The van der Waals surface area contributed by atoms with E-state index in [1.54, 1.807) is 24.1 Å². The van der Waals surface area contributed by atoms with Crippen LogP contribution in [0, 0.1) is 13.8 Å². The van der Waals surface area contributed by atoms with Crippen LogP contribution in [-0.4, -0.2) is 30.5 Å². The number of aryl methyl sites for hydroxylation is 4. The summed E-state index contributed by atoms with van der Waals surface area (Å²) in [5.74, 6) is 0.593. The molecular weight excluding hydrogens is 304 g/mol. The van der Waals surface area contributed by atoms with Gasteiger partial charge in [-0.3, -0.25) is 19.1 Å². The van der Waals surface area contributed by atoms with Crippen LogP contribution in [0.1, 0.15) is 17.8 Å². The summed E-state index contributed by atoms with van der Waals surface area (Å²) < 4.78 is 3.50. The van der Waals surface area contributed by atoms with Crippen LogP contribution in [0.15, 0.2) is 36.7 Å². The lowest BCUT2D eigenvalue weighted by atomic mass is 10.2. The molecule has 124 valence electrons. The molecule has 7 heteroatoms. The molecule has 3 aromatic rings. The number of nitrogens with zero attached hydrogens (tertiary/aromatic N) is 5. The maximum atomic E-state index is 12.2. The van der Waals surface area contributed by atoms with Crippen molar-refractivity contribution in [2.75, 3.05) is 5.32 Å². The fraction of sp³-hybridized carbons (Fsp3) is 0.294. The molecule has 0 radical (unpaired) electrons. The smallest absolute Gasteiger partial charge is 0.227 e. The molecule has 0 unspecified atom stereocenters. The number of aromatic nitrogens is 5. The highest BCUT2D eigenvalue weighted by Gasteiger charge is 2.11. The Bertz CT molecular complexity index is 849. The predicted molar refractivity (Wildman–Crippen MR) is 91.4 cm³/mol. The number of hydrogen-bond donors (Lipinski definition) is 1.